The van der Waals surface area contributed by atoms with E-state index in [1.807, 2.05) is 48.5 Å². The molecule has 0 amide bonds. The van der Waals surface area contributed by atoms with Crippen LogP contribution in [0.1, 0.15) is 78.5 Å². The summed E-state index contributed by atoms with van der Waals surface area (Å²) in [6, 6.07) is 49.0. The molecule has 7 aromatic carbocycles. The highest BCUT2D eigenvalue weighted by atomic mass is 15.2. The van der Waals surface area contributed by atoms with E-state index in [0.717, 1.165) is 47.0 Å². The number of nitrogens with zero attached hydrogens (tertiary/aromatic N) is 4. The van der Waals surface area contributed by atoms with Crippen LogP contribution < -0.4 is 9.80 Å². The molecule has 1 aliphatic carbocycles. The summed E-state index contributed by atoms with van der Waals surface area (Å²) in [5.41, 5.74) is 13.8. The van der Waals surface area contributed by atoms with Crippen molar-refractivity contribution in [1.82, 2.24) is 0 Å². The maximum absolute atomic E-state index is 10.4. The molecule has 1 aliphatic rings. The number of hydrogen-bond donors (Lipinski definition) is 0. The number of rotatable bonds is 8. The first-order chi connectivity index (χ1) is 25.8. The molecule has 0 radical (unpaired) electrons. The lowest BCUT2D eigenvalue weighted by molar-refractivity contribution is 0.830. The van der Waals surface area contributed by atoms with E-state index in [-0.39, 0.29) is 11.8 Å². The van der Waals surface area contributed by atoms with Gasteiger partial charge >= 0.3 is 0 Å². The first-order valence-corrected chi connectivity index (χ1v) is 18.6. The van der Waals surface area contributed by atoms with Crippen LogP contribution in [0.5, 0.6) is 0 Å². The molecule has 4 heteroatoms. The van der Waals surface area contributed by atoms with Crippen molar-refractivity contribution in [2.45, 2.75) is 59.3 Å². The van der Waals surface area contributed by atoms with E-state index >= 15 is 0 Å². The molecule has 0 heterocycles. The number of benzene rings is 7. The maximum Gasteiger partial charge on any atom is 0.101 e. The minimum absolute atomic E-state index is 0.254. The molecule has 0 spiro atoms. The third-order valence-corrected chi connectivity index (χ3v) is 10.8. The molecule has 0 atom stereocenters. The quantitative estimate of drug-likeness (QED) is 0.149. The van der Waals surface area contributed by atoms with Crippen LogP contribution in [0.3, 0.4) is 0 Å². The Morgan fingerprint density at radius 1 is 0.491 bits per heavy atom. The van der Waals surface area contributed by atoms with E-state index < -0.39 is 0 Å². The maximum atomic E-state index is 10.4. The lowest BCUT2D eigenvalue weighted by Gasteiger charge is -2.35. The molecule has 53 heavy (non-hydrogen) atoms. The molecule has 0 aromatic heterocycles. The van der Waals surface area contributed by atoms with E-state index in [1.54, 1.807) is 0 Å². The van der Waals surface area contributed by atoms with Crippen LogP contribution in [0, 0.1) is 29.6 Å². The number of aryl methyl sites for hydroxylation is 3. The standard InChI is InChI=1S/C49H42N4/c1-31(2)40-27-46(53(37-20-10-7-11-21-37)44-23-15-13-17-35(44)30-51)42-26-33(5)47-41(32(3)4)28-45(39-25-24-38(40)48(42)49(39)47)52(36-18-8-6-9-19-36)43-22-14-12-16-34(43)29-50/h6-23,26-28,31-32H,24-25H2,1-5H3. The summed E-state index contributed by atoms with van der Waals surface area (Å²) < 4.78 is 0. The molecule has 258 valence electrons. The van der Waals surface area contributed by atoms with E-state index in [9.17, 15) is 10.5 Å². The Kier molecular flexibility index (Phi) is 8.69. The van der Waals surface area contributed by atoms with Gasteiger partial charge in [-0.25, -0.2) is 0 Å². The topological polar surface area (TPSA) is 54.1 Å². The highest BCUT2D eigenvalue weighted by Crippen LogP contribution is 2.52. The highest BCUT2D eigenvalue weighted by molar-refractivity contribution is 6.20. The number of hydrogen-bond acceptors (Lipinski definition) is 4. The van der Waals surface area contributed by atoms with Crippen molar-refractivity contribution in [2.75, 3.05) is 9.80 Å². The van der Waals surface area contributed by atoms with Gasteiger partial charge < -0.3 is 9.80 Å². The fourth-order valence-corrected chi connectivity index (χ4v) is 8.52. The first kappa shape index (κ1) is 33.8. The van der Waals surface area contributed by atoms with E-state index in [0.29, 0.717) is 11.1 Å². The van der Waals surface area contributed by atoms with E-state index in [2.05, 4.69) is 135 Å². The molecule has 0 unspecified atom stereocenters. The van der Waals surface area contributed by atoms with Crippen LogP contribution in [-0.2, 0) is 12.8 Å². The number of para-hydroxylation sites is 4. The van der Waals surface area contributed by atoms with Gasteiger partial charge in [-0.05, 0) is 142 Å². The zero-order valence-electron chi connectivity index (χ0n) is 31.0. The molecule has 0 N–H and O–H groups in total. The zero-order valence-corrected chi connectivity index (χ0v) is 31.0. The molecule has 0 fully saturated rings. The molecule has 0 saturated heterocycles. The smallest absolute Gasteiger partial charge is 0.101 e. The molecular weight excluding hydrogens is 645 g/mol. The van der Waals surface area contributed by atoms with E-state index in [1.165, 1.54) is 49.4 Å². The molecule has 0 saturated carbocycles. The van der Waals surface area contributed by atoms with Gasteiger partial charge in [-0.1, -0.05) is 88.4 Å². The Morgan fingerprint density at radius 2 is 0.962 bits per heavy atom. The second kappa shape index (κ2) is 13.6. The second-order valence-electron chi connectivity index (χ2n) is 14.7. The summed E-state index contributed by atoms with van der Waals surface area (Å²) in [6.45, 7) is 11.4. The van der Waals surface area contributed by atoms with Crippen molar-refractivity contribution in [2.24, 2.45) is 0 Å². The lowest BCUT2D eigenvalue weighted by Crippen LogP contribution is -2.18. The minimum Gasteiger partial charge on any atom is -0.309 e. The van der Waals surface area contributed by atoms with Gasteiger partial charge in [-0.3, -0.25) is 0 Å². The zero-order chi connectivity index (χ0) is 36.8. The van der Waals surface area contributed by atoms with Crippen LogP contribution in [0.2, 0.25) is 0 Å². The SMILES string of the molecule is Cc1cc2c(N(c3ccccc3)c3ccccc3C#N)cc(C(C)C)c3c2c2c(c(N(c4ccccc4)c4ccccc4C#N)cc(C(C)C)c12)CC3. The van der Waals surface area contributed by atoms with Gasteiger partial charge in [-0.2, -0.15) is 10.5 Å². The fourth-order valence-electron chi connectivity index (χ4n) is 8.52. The number of nitriles is 2. The molecule has 7 aromatic rings. The van der Waals surface area contributed by atoms with E-state index in [4.69, 9.17) is 0 Å². The van der Waals surface area contributed by atoms with Crippen LogP contribution in [0.25, 0.3) is 21.5 Å². The van der Waals surface area contributed by atoms with Crippen molar-refractivity contribution in [3.8, 4) is 12.1 Å². The Hall–Kier alpha value is -6.36. The Labute approximate surface area is 312 Å². The molecule has 0 aliphatic heterocycles. The Morgan fingerprint density at radius 3 is 1.49 bits per heavy atom. The predicted octanol–water partition coefficient (Wildman–Crippen LogP) is 13.3. The van der Waals surface area contributed by atoms with Crippen molar-refractivity contribution >= 4 is 55.7 Å². The summed E-state index contributed by atoms with van der Waals surface area (Å²) in [6.07, 6.45) is 1.79. The molecule has 4 nitrogen and oxygen atoms in total. The van der Waals surface area contributed by atoms with Gasteiger partial charge in [0.2, 0.25) is 0 Å². The minimum atomic E-state index is 0.254. The van der Waals surface area contributed by atoms with Crippen LogP contribution >= 0.6 is 0 Å². The van der Waals surface area contributed by atoms with Crippen LogP contribution in [0.4, 0.5) is 34.1 Å². The fraction of sp³-hybridized carbons (Fsp3) is 0.184. The van der Waals surface area contributed by atoms with Gasteiger partial charge in [0.15, 0.2) is 0 Å². The average Bonchev–Trinajstić information content (AvgIpc) is 3.19. The molecular formula is C49H42N4. The molecule has 0 bridgehead atoms. The van der Waals surface area contributed by atoms with Gasteiger partial charge in [0.25, 0.3) is 0 Å². The Bertz CT molecular complexity index is 2610. The third-order valence-electron chi connectivity index (χ3n) is 10.8. The summed E-state index contributed by atoms with van der Waals surface area (Å²) in [7, 11) is 0. The van der Waals surface area contributed by atoms with Crippen molar-refractivity contribution < 1.29 is 0 Å². The molecule has 8 rings (SSSR count). The predicted molar refractivity (Wildman–Crippen MR) is 221 cm³/mol. The van der Waals surface area contributed by atoms with Crippen molar-refractivity contribution in [3.05, 3.63) is 166 Å². The summed E-state index contributed by atoms with van der Waals surface area (Å²) in [4.78, 5) is 4.60. The highest BCUT2D eigenvalue weighted by Gasteiger charge is 2.31. The average molecular weight is 687 g/mol. The van der Waals surface area contributed by atoms with Crippen LogP contribution in [-0.4, -0.2) is 0 Å². The Balaban J connectivity index is 1.56. The number of anilines is 6. The van der Waals surface area contributed by atoms with Gasteiger partial charge in [-0.15, -0.1) is 0 Å². The van der Waals surface area contributed by atoms with Crippen molar-refractivity contribution in [1.29, 1.82) is 10.5 Å². The lowest BCUT2D eigenvalue weighted by atomic mass is 9.77. The van der Waals surface area contributed by atoms with Crippen LogP contribution in [0.15, 0.2) is 127 Å². The van der Waals surface area contributed by atoms with Crippen molar-refractivity contribution in [3.63, 3.8) is 0 Å². The summed E-state index contributed by atoms with van der Waals surface area (Å²) >= 11 is 0. The van der Waals surface area contributed by atoms with Gasteiger partial charge in [0, 0.05) is 16.8 Å². The summed E-state index contributed by atoms with van der Waals surface area (Å²) in [5, 5.41) is 25.9. The first-order valence-electron chi connectivity index (χ1n) is 18.6. The normalized spacial score (nSPS) is 12.0. The largest absolute Gasteiger partial charge is 0.309 e. The van der Waals surface area contributed by atoms with Gasteiger partial charge in [0.1, 0.15) is 12.1 Å². The third kappa shape index (κ3) is 5.60. The second-order valence-corrected chi connectivity index (χ2v) is 14.7. The monoisotopic (exact) mass is 686 g/mol. The van der Waals surface area contributed by atoms with Gasteiger partial charge in [0.05, 0.1) is 33.9 Å². The summed E-state index contributed by atoms with van der Waals surface area (Å²) in [5.74, 6) is 0.537.